The molecule has 0 atom stereocenters. The van der Waals surface area contributed by atoms with E-state index in [0.29, 0.717) is 24.4 Å². The SMILES string of the molecule is CCCN(CC(=O)O)Cc1cc(C#N)ccc1OC. The number of nitrogens with zero attached hydrogens (tertiary/aromatic N) is 2. The second-order valence-electron chi connectivity index (χ2n) is 4.24. The Labute approximate surface area is 113 Å². The highest BCUT2D eigenvalue weighted by Crippen LogP contribution is 2.21. The van der Waals surface area contributed by atoms with Crippen LogP contribution < -0.4 is 4.74 Å². The van der Waals surface area contributed by atoms with Crippen LogP contribution in [0, 0.1) is 11.3 Å². The molecule has 1 aromatic carbocycles. The molecule has 0 aromatic heterocycles. The van der Waals surface area contributed by atoms with Crippen LogP contribution in [0.5, 0.6) is 5.75 Å². The standard InChI is InChI=1S/C14H18N2O3/c1-3-6-16(10-14(17)18)9-12-7-11(8-15)4-5-13(12)19-2/h4-5,7H,3,6,9-10H2,1-2H3,(H,17,18). The zero-order valence-corrected chi connectivity index (χ0v) is 11.2. The minimum absolute atomic E-state index is 0.0201. The Morgan fingerprint density at radius 2 is 2.26 bits per heavy atom. The van der Waals surface area contributed by atoms with Crippen molar-refractivity contribution in [3.63, 3.8) is 0 Å². The summed E-state index contributed by atoms with van der Waals surface area (Å²) in [5.41, 5.74) is 1.37. The zero-order valence-electron chi connectivity index (χ0n) is 11.2. The number of nitriles is 1. The third kappa shape index (κ3) is 4.60. The molecule has 0 amide bonds. The van der Waals surface area contributed by atoms with Gasteiger partial charge in [0.25, 0.3) is 0 Å². The van der Waals surface area contributed by atoms with Gasteiger partial charge < -0.3 is 9.84 Å². The lowest BCUT2D eigenvalue weighted by Crippen LogP contribution is -2.30. The fourth-order valence-corrected chi connectivity index (χ4v) is 1.93. The van der Waals surface area contributed by atoms with Gasteiger partial charge in [-0.25, -0.2) is 0 Å². The van der Waals surface area contributed by atoms with Gasteiger partial charge in [0.2, 0.25) is 0 Å². The Morgan fingerprint density at radius 1 is 1.53 bits per heavy atom. The van der Waals surface area contributed by atoms with Gasteiger partial charge in [0, 0.05) is 12.1 Å². The fraction of sp³-hybridized carbons (Fsp3) is 0.429. The molecule has 0 spiro atoms. The third-order valence-corrected chi connectivity index (χ3v) is 2.70. The first-order chi connectivity index (χ1) is 9.10. The average Bonchev–Trinajstić information content (AvgIpc) is 2.38. The highest BCUT2D eigenvalue weighted by molar-refractivity contribution is 5.69. The quantitative estimate of drug-likeness (QED) is 0.812. The molecule has 0 fully saturated rings. The molecule has 0 saturated carbocycles. The zero-order chi connectivity index (χ0) is 14.3. The van der Waals surface area contributed by atoms with Gasteiger partial charge in [0.15, 0.2) is 0 Å². The highest BCUT2D eigenvalue weighted by atomic mass is 16.5. The number of hydrogen-bond acceptors (Lipinski definition) is 4. The van der Waals surface area contributed by atoms with Crippen LogP contribution in [0.4, 0.5) is 0 Å². The van der Waals surface area contributed by atoms with E-state index < -0.39 is 5.97 Å². The maximum atomic E-state index is 10.8. The van der Waals surface area contributed by atoms with E-state index in [1.54, 1.807) is 25.3 Å². The topological polar surface area (TPSA) is 73.6 Å². The van der Waals surface area contributed by atoms with E-state index in [-0.39, 0.29) is 6.54 Å². The van der Waals surface area contributed by atoms with Crippen LogP contribution in [0.3, 0.4) is 0 Å². The summed E-state index contributed by atoms with van der Waals surface area (Å²) in [6.07, 6.45) is 0.869. The van der Waals surface area contributed by atoms with Gasteiger partial charge in [-0.05, 0) is 31.2 Å². The summed E-state index contributed by atoms with van der Waals surface area (Å²) in [7, 11) is 1.56. The van der Waals surface area contributed by atoms with E-state index in [1.165, 1.54) is 0 Å². The molecule has 0 aliphatic rings. The average molecular weight is 262 g/mol. The number of carbonyl (C=O) groups is 1. The van der Waals surface area contributed by atoms with Crippen molar-refractivity contribution in [2.75, 3.05) is 20.2 Å². The van der Waals surface area contributed by atoms with Crippen LogP contribution in [-0.4, -0.2) is 36.2 Å². The molecule has 102 valence electrons. The molecule has 5 heteroatoms. The van der Waals surface area contributed by atoms with Crippen LogP contribution in [0.25, 0.3) is 0 Å². The molecule has 0 heterocycles. The van der Waals surface area contributed by atoms with Gasteiger partial charge in [-0.15, -0.1) is 0 Å². The van der Waals surface area contributed by atoms with Crippen molar-refractivity contribution in [3.8, 4) is 11.8 Å². The Balaban J connectivity index is 2.93. The summed E-state index contributed by atoms with van der Waals surface area (Å²) >= 11 is 0. The Kier molecular flexibility index (Phi) is 5.83. The summed E-state index contributed by atoms with van der Waals surface area (Å²) in [6, 6.07) is 7.23. The minimum Gasteiger partial charge on any atom is -0.496 e. The molecular weight excluding hydrogens is 244 g/mol. The molecule has 0 bridgehead atoms. The number of ether oxygens (including phenoxy) is 1. The van der Waals surface area contributed by atoms with E-state index >= 15 is 0 Å². The predicted octanol–water partition coefficient (Wildman–Crippen LogP) is 1.86. The summed E-state index contributed by atoms with van der Waals surface area (Å²) in [5, 5.41) is 17.8. The summed E-state index contributed by atoms with van der Waals surface area (Å²) in [5.74, 6) is -0.186. The smallest absolute Gasteiger partial charge is 0.317 e. The van der Waals surface area contributed by atoms with Gasteiger partial charge in [0.1, 0.15) is 5.75 Å². The van der Waals surface area contributed by atoms with E-state index in [0.717, 1.165) is 12.0 Å². The highest BCUT2D eigenvalue weighted by Gasteiger charge is 2.13. The molecule has 0 radical (unpaired) electrons. The van der Waals surface area contributed by atoms with Crippen molar-refractivity contribution >= 4 is 5.97 Å². The molecule has 5 nitrogen and oxygen atoms in total. The summed E-state index contributed by atoms with van der Waals surface area (Å²) in [4.78, 5) is 12.6. The lowest BCUT2D eigenvalue weighted by Gasteiger charge is -2.20. The van der Waals surface area contributed by atoms with Crippen molar-refractivity contribution < 1.29 is 14.6 Å². The van der Waals surface area contributed by atoms with E-state index in [2.05, 4.69) is 6.07 Å². The van der Waals surface area contributed by atoms with Gasteiger partial charge in [0.05, 0.1) is 25.3 Å². The maximum Gasteiger partial charge on any atom is 0.317 e. The van der Waals surface area contributed by atoms with Crippen LogP contribution in [0.2, 0.25) is 0 Å². The van der Waals surface area contributed by atoms with Crippen LogP contribution in [-0.2, 0) is 11.3 Å². The molecule has 0 aliphatic heterocycles. The minimum atomic E-state index is -0.858. The number of carboxylic acid groups (broad SMARTS) is 1. The van der Waals surface area contributed by atoms with E-state index in [9.17, 15) is 4.79 Å². The first kappa shape index (κ1) is 15.0. The summed E-state index contributed by atoms with van der Waals surface area (Å²) < 4.78 is 5.25. The van der Waals surface area contributed by atoms with Crippen LogP contribution in [0.1, 0.15) is 24.5 Å². The normalized spacial score (nSPS) is 10.2. The largest absolute Gasteiger partial charge is 0.496 e. The number of rotatable bonds is 7. The first-order valence-corrected chi connectivity index (χ1v) is 6.11. The molecule has 0 unspecified atom stereocenters. The number of aliphatic carboxylic acids is 1. The van der Waals surface area contributed by atoms with Gasteiger partial charge >= 0.3 is 5.97 Å². The molecule has 0 aliphatic carbocycles. The van der Waals surface area contributed by atoms with Gasteiger partial charge in [-0.1, -0.05) is 6.92 Å². The number of hydrogen-bond donors (Lipinski definition) is 1. The molecule has 19 heavy (non-hydrogen) atoms. The van der Waals surface area contributed by atoms with Crippen LogP contribution >= 0.6 is 0 Å². The third-order valence-electron chi connectivity index (χ3n) is 2.70. The Hall–Kier alpha value is -2.06. The monoisotopic (exact) mass is 262 g/mol. The van der Waals surface area contributed by atoms with Crippen molar-refractivity contribution in [2.24, 2.45) is 0 Å². The lowest BCUT2D eigenvalue weighted by atomic mass is 10.1. The maximum absolute atomic E-state index is 10.8. The molecule has 1 N–H and O–H groups in total. The lowest BCUT2D eigenvalue weighted by molar-refractivity contribution is -0.138. The number of benzene rings is 1. The molecule has 1 rings (SSSR count). The Bertz CT molecular complexity index is 480. The summed E-state index contributed by atoms with van der Waals surface area (Å²) in [6.45, 7) is 3.12. The second-order valence-corrected chi connectivity index (χ2v) is 4.24. The fourth-order valence-electron chi connectivity index (χ4n) is 1.93. The van der Waals surface area contributed by atoms with Gasteiger partial charge in [-0.3, -0.25) is 9.69 Å². The Morgan fingerprint density at radius 3 is 2.79 bits per heavy atom. The van der Waals surface area contributed by atoms with E-state index in [1.807, 2.05) is 11.8 Å². The van der Waals surface area contributed by atoms with Gasteiger partial charge in [-0.2, -0.15) is 5.26 Å². The molecule has 1 aromatic rings. The number of carboxylic acids is 1. The molecular formula is C14H18N2O3. The van der Waals surface area contributed by atoms with Crippen molar-refractivity contribution in [2.45, 2.75) is 19.9 Å². The second kappa shape index (κ2) is 7.39. The molecule has 0 saturated heterocycles. The van der Waals surface area contributed by atoms with Crippen LogP contribution in [0.15, 0.2) is 18.2 Å². The number of methoxy groups -OCH3 is 1. The van der Waals surface area contributed by atoms with Crippen molar-refractivity contribution in [3.05, 3.63) is 29.3 Å². The predicted molar refractivity (Wildman–Crippen MR) is 70.9 cm³/mol. The first-order valence-electron chi connectivity index (χ1n) is 6.11. The van der Waals surface area contributed by atoms with Crippen molar-refractivity contribution in [1.29, 1.82) is 5.26 Å². The van der Waals surface area contributed by atoms with E-state index in [4.69, 9.17) is 15.1 Å². The van der Waals surface area contributed by atoms with Crippen molar-refractivity contribution in [1.82, 2.24) is 4.90 Å².